The first-order valence-electron chi connectivity index (χ1n) is 10.5. The Labute approximate surface area is 206 Å². The molecule has 0 bridgehead atoms. The second-order valence-corrected chi connectivity index (χ2v) is 8.13. The average Bonchev–Trinajstić information content (AvgIpc) is 3.23. The fraction of sp³-hybridized carbons (Fsp3) is 0.304. The van der Waals surface area contributed by atoms with Crippen molar-refractivity contribution < 1.29 is 13.9 Å². The molecule has 7 nitrogen and oxygen atoms in total. The molecule has 0 saturated carbocycles. The van der Waals surface area contributed by atoms with Crippen LogP contribution in [0.4, 0.5) is 20.6 Å². The molecule has 1 aliphatic rings. The van der Waals surface area contributed by atoms with Gasteiger partial charge in [0.2, 0.25) is 0 Å². The number of thiazole rings is 1. The van der Waals surface area contributed by atoms with E-state index < -0.39 is 0 Å². The maximum absolute atomic E-state index is 13.3. The lowest BCUT2D eigenvalue weighted by atomic mass is 10.1. The molecule has 2 N–H and O–H groups in total. The van der Waals surface area contributed by atoms with Crippen molar-refractivity contribution in [3.63, 3.8) is 0 Å². The van der Waals surface area contributed by atoms with Crippen LogP contribution in [-0.2, 0) is 11.3 Å². The van der Waals surface area contributed by atoms with Gasteiger partial charge in [0.15, 0.2) is 4.80 Å². The molecule has 33 heavy (non-hydrogen) atoms. The first kappa shape index (κ1) is 24.9. The normalized spacial score (nSPS) is 14.0. The average molecular weight is 536 g/mol. The van der Waals surface area contributed by atoms with E-state index in [9.17, 15) is 9.18 Å². The van der Waals surface area contributed by atoms with E-state index in [1.807, 2.05) is 0 Å². The van der Waals surface area contributed by atoms with Crippen molar-refractivity contribution in [1.82, 2.24) is 15.2 Å². The number of nitrogens with zero attached hydrogens (tertiary/aromatic N) is 3. The molecule has 3 aromatic rings. The monoisotopic (exact) mass is 535 g/mol. The van der Waals surface area contributed by atoms with Crippen molar-refractivity contribution in [1.29, 1.82) is 0 Å². The van der Waals surface area contributed by atoms with E-state index in [-0.39, 0.29) is 28.8 Å². The number of anilines is 1. The Bertz CT molecular complexity index is 1110. The van der Waals surface area contributed by atoms with E-state index in [2.05, 4.69) is 49.7 Å². The SMILES string of the molecule is Br.CNC(=O)NCCn1c(-c2ccc(N3CCOCC3)cc2)csc1=Nc1ccc(F)cc1. The molecule has 2 heterocycles. The van der Waals surface area contributed by atoms with E-state index in [1.54, 1.807) is 19.2 Å². The van der Waals surface area contributed by atoms with Gasteiger partial charge in [-0.1, -0.05) is 12.1 Å². The van der Waals surface area contributed by atoms with E-state index in [0.29, 0.717) is 18.8 Å². The lowest BCUT2D eigenvalue weighted by Crippen LogP contribution is -2.36. The number of rotatable bonds is 6. The smallest absolute Gasteiger partial charge is 0.314 e. The van der Waals surface area contributed by atoms with Crippen LogP contribution in [-0.4, -0.2) is 50.5 Å². The third-order valence-electron chi connectivity index (χ3n) is 5.24. The Morgan fingerprint density at radius 1 is 1.12 bits per heavy atom. The van der Waals surface area contributed by atoms with Gasteiger partial charge >= 0.3 is 6.03 Å². The maximum atomic E-state index is 13.3. The Balaban J connectivity index is 0.00000306. The minimum absolute atomic E-state index is 0. The molecule has 0 unspecified atom stereocenters. The second-order valence-electron chi connectivity index (χ2n) is 7.30. The quantitative estimate of drug-likeness (QED) is 0.502. The molecule has 176 valence electrons. The van der Waals surface area contributed by atoms with Crippen LogP contribution in [0.5, 0.6) is 0 Å². The van der Waals surface area contributed by atoms with Gasteiger partial charge in [0.1, 0.15) is 5.82 Å². The summed E-state index contributed by atoms with van der Waals surface area (Å²) in [5.74, 6) is -0.293. The summed E-state index contributed by atoms with van der Waals surface area (Å²) in [5.41, 5.74) is 3.94. The summed E-state index contributed by atoms with van der Waals surface area (Å²) >= 11 is 1.51. The first-order valence-corrected chi connectivity index (χ1v) is 11.4. The number of urea groups is 1. The topological polar surface area (TPSA) is 70.9 Å². The minimum atomic E-state index is -0.293. The van der Waals surface area contributed by atoms with E-state index >= 15 is 0 Å². The summed E-state index contributed by atoms with van der Waals surface area (Å²) in [6.45, 7) is 4.29. The molecule has 2 amide bonds. The third-order valence-corrected chi connectivity index (χ3v) is 6.10. The highest BCUT2D eigenvalue weighted by molar-refractivity contribution is 8.93. The van der Waals surface area contributed by atoms with Crippen molar-refractivity contribution in [3.8, 4) is 11.3 Å². The fourth-order valence-corrected chi connectivity index (χ4v) is 4.48. The largest absolute Gasteiger partial charge is 0.378 e. The molecular formula is C23H27BrFN5O2S. The van der Waals surface area contributed by atoms with Gasteiger partial charge in [-0.05, 0) is 42.0 Å². The summed E-state index contributed by atoms with van der Waals surface area (Å²) in [5, 5.41) is 7.44. The summed E-state index contributed by atoms with van der Waals surface area (Å²) in [6, 6.07) is 14.3. The number of ether oxygens (including phenoxy) is 1. The predicted molar refractivity (Wildman–Crippen MR) is 135 cm³/mol. The van der Waals surface area contributed by atoms with Gasteiger partial charge < -0.3 is 24.8 Å². The maximum Gasteiger partial charge on any atom is 0.314 e. The molecule has 1 aromatic heterocycles. The Kier molecular flexibility index (Phi) is 9.04. The van der Waals surface area contributed by atoms with Crippen LogP contribution in [0.2, 0.25) is 0 Å². The predicted octanol–water partition coefficient (Wildman–Crippen LogP) is 3.93. The van der Waals surface area contributed by atoms with E-state index in [1.165, 1.54) is 29.2 Å². The molecule has 0 atom stereocenters. The van der Waals surface area contributed by atoms with Gasteiger partial charge in [-0.15, -0.1) is 28.3 Å². The number of morpholine rings is 1. The molecule has 1 fully saturated rings. The zero-order valence-corrected chi connectivity index (χ0v) is 20.8. The van der Waals surface area contributed by atoms with Crippen LogP contribution in [0, 0.1) is 5.82 Å². The molecule has 2 aromatic carbocycles. The van der Waals surface area contributed by atoms with Gasteiger partial charge in [-0.2, -0.15) is 0 Å². The number of hydrogen-bond acceptors (Lipinski definition) is 5. The summed E-state index contributed by atoms with van der Waals surface area (Å²) in [7, 11) is 1.59. The number of amides is 2. The van der Waals surface area contributed by atoms with Gasteiger partial charge in [0, 0.05) is 44.3 Å². The zero-order valence-electron chi connectivity index (χ0n) is 18.3. The number of carbonyl (C=O) groups excluding carboxylic acids is 1. The number of carbonyl (C=O) groups is 1. The number of benzene rings is 2. The molecule has 10 heteroatoms. The highest BCUT2D eigenvalue weighted by Gasteiger charge is 2.13. The molecule has 0 aliphatic carbocycles. The van der Waals surface area contributed by atoms with Crippen LogP contribution in [0.1, 0.15) is 0 Å². The van der Waals surface area contributed by atoms with Crippen molar-refractivity contribution in [2.75, 3.05) is 44.8 Å². The molecule has 0 radical (unpaired) electrons. The molecule has 0 spiro atoms. The van der Waals surface area contributed by atoms with Crippen molar-refractivity contribution in [2.45, 2.75) is 6.54 Å². The number of nitrogens with one attached hydrogen (secondary N) is 2. The van der Waals surface area contributed by atoms with Crippen molar-refractivity contribution >= 4 is 45.7 Å². The summed E-state index contributed by atoms with van der Waals surface area (Å²) in [4.78, 5) is 19.4. The fourth-order valence-electron chi connectivity index (χ4n) is 3.53. The molecule has 1 saturated heterocycles. The van der Waals surface area contributed by atoms with Crippen molar-refractivity contribution in [2.24, 2.45) is 4.99 Å². The van der Waals surface area contributed by atoms with Gasteiger partial charge in [0.25, 0.3) is 0 Å². The highest BCUT2D eigenvalue weighted by Crippen LogP contribution is 2.25. The second kappa shape index (κ2) is 12.0. The van der Waals surface area contributed by atoms with E-state index in [0.717, 1.165) is 42.4 Å². The lowest BCUT2D eigenvalue weighted by molar-refractivity contribution is 0.122. The molecule has 4 rings (SSSR count). The number of halogens is 2. The van der Waals surface area contributed by atoms with E-state index in [4.69, 9.17) is 9.73 Å². The Hall–Kier alpha value is -2.69. The molecule has 1 aliphatic heterocycles. The van der Waals surface area contributed by atoms with Crippen LogP contribution < -0.4 is 20.3 Å². The minimum Gasteiger partial charge on any atom is -0.378 e. The summed E-state index contributed by atoms with van der Waals surface area (Å²) in [6.07, 6.45) is 0. The van der Waals surface area contributed by atoms with Crippen LogP contribution in [0.25, 0.3) is 11.3 Å². The molecular weight excluding hydrogens is 509 g/mol. The lowest BCUT2D eigenvalue weighted by Gasteiger charge is -2.28. The summed E-state index contributed by atoms with van der Waals surface area (Å²) < 4.78 is 20.8. The number of aromatic nitrogens is 1. The third kappa shape index (κ3) is 6.43. The number of hydrogen-bond donors (Lipinski definition) is 2. The first-order chi connectivity index (χ1) is 15.6. The van der Waals surface area contributed by atoms with Crippen LogP contribution >= 0.6 is 28.3 Å². The highest BCUT2D eigenvalue weighted by atomic mass is 79.9. The Morgan fingerprint density at radius 2 is 1.82 bits per heavy atom. The van der Waals surface area contributed by atoms with Gasteiger partial charge in [0.05, 0.1) is 24.6 Å². The van der Waals surface area contributed by atoms with Crippen LogP contribution in [0.3, 0.4) is 0 Å². The van der Waals surface area contributed by atoms with Gasteiger partial charge in [-0.3, -0.25) is 0 Å². The van der Waals surface area contributed by atoms with Gasteiger partial charge in [-0.25, -0.2) is 14.2 Å². The van der Waals surface area contributed by atoms with Crippen LogP contribution in [0.15, 0.2) is 58.9 Å². The zero-order chi connectivity index (χ0) is 22.3. The van der Waals surface area contributed by atoms with Crippen molar-refractivity contribution in [3.05, 3.63) is 64.5 Å². The standard InChI is InChI=1S/C23H26FN5O2S.BrH/c1-25-22(30)26-10-11-29-21(16-32-23(29)27-19-6-4-18(24)5-7-19)17-2-8-20(9-3-17)28-12-14-31-15-13-28;/h2-9,16H,10-15H2,1H3,(H2,25,26,30);1H. The Morgan fingerprint density at radius 3 is 2.48 bits per heavy atom.